The minimum absolute atomic E-state index is 0.284. The zero-order valence-corrected chi connectivity index (χ0v) is 10.3. The molecule has 17 heavy (non-hydrogen) atoms. The van der Waals surface area contributed by atoms with Crippen molar-refractivity contribution in [3.05, 3.63) is 29.8 Å². The standard InChI is InChI=1S/C14H18N2O/c1-3-4-9-15-10-12-11-7-5-6-8-13(11)16(2)14(12)17/h5-8,10,17H,3-4,9H2,1-2H3. The third-order valence-electron chi connectivity index (χ3n) is 2.98. The zero-order valence-electron chi connectivity index (χ0n) is 10.3. The lowest BCUT2D eigenvalue weighted by Gasteiger charge is -1.95. The number of para-hydroxylation sites is 1. The predicted octanol–water partition coefficient (Wildman–Crippen LogP) is 3.10. The summed E-state index contributed by atoms with van der Waals surface area (Å²) in [5.41, 5.74) is 1.85. The van der Waals surface area contributed by atoms with Gasteiger partial charge in [0.25, 0.3) is 0 Å². The van der Waals surface area contributed by atoms with Crippen molar-refractivity contribution in [1.82, 2.24) is 4.57 Å². The van der Waals surface area contributed by atoms with Crippen LogP contribution in [0.25, 0.3) is 10.9 Å². The number of benzene rings is 1. The summed E-state index contributed by atoms with van der Waals surface area (Å²) >= 11 is 0. The summed E-state index contributed by atoms with van der Waals surface area (Å²) in [6, 6.07) is 7.96. The Bertz CT molecular complexity index is 540. The van der Waals surface area contributed by atoms with Crippen LogP contribution in [0.2, 0.25) is 0 Å². The van der Waals surface area contributed by atoms with E-state index < -0.39 is 0 Å². The molecule has 0 unspecified atom stereocenters. The molecular weight excluding hydrogens is 212 g/mol. The number of fused-ring (bicyclic) bond motifs is 1. The van der Waals surface area contributed by atoms with E-state index in [0.717, 1.165) is 35.9 Å². The second-order valence-electron chi connectivity index (χ2n) is 4.20. The van der Waals surface area contributed by atoms with E-state index in [0.29, 0.717) is 0 Å². The van der Waals surface area contributed by atoms with Crippen molar-refractivity contribution in [1.29, 1.82) is 0 Å². The smallest absolute Gasteiger partial charge is 0.200 e. The molecule has 0 atom stereocenters. The number of nitrogens with zero attached hydrogens (tertiary/aromatic N) is 2. The summed E-state index contributed by atoms with van der Waals surface area (Å²) in [5, 5.41) is 11.1. The summed E-state index contributed by atoms with van der Waals surface area (Å²) in [6.07, 6.45) is 4.01. The van der Waals surface area contributed by atoms with Gasteiger partial charge < -0.3 is 9.67 Å². The molecule has 0 bridgehead atoms. The van der Waals surface area contributed by atoms with Crippen molar-refractivity contribution in [2.24, 2.45) is 12.0 Å². The quantitative estimate of drug-likeness (QED) is 0.636. The second kappa shape index (κ2) is 5.04. The van der Waals surface area contributed by atoms with Crippen LogP contribution in [0, 0.1) is 0 Å². The normalized spacial score (nSPS) is 11.6. The van der Waals surface area contributed by atoms with E-state index in [9.17, 15) is 5.11 Å². The van der Waals surface area contributed by atoms with Crippen LogP contribution in [0.4, 0.5) is 0 Å². The summed E-state index contributed by atoms with van der Waals surface area (Å²) in [4.78, 5) is 4.36. The first-order chi connectivity index (χ1) is 8.25. The van der Waals surface area contributed by atoms with Crippen molar-refractivity contribution in [3.63, 3.8) is 0 Å². The van der Waals surface area contributed by atoms with E-state index in [1.54, 1.807) is 10.8 Å². The SMILES string of the molecule is CCCCN=Cc1c(O)n(C)c2ccccc12. The number of hydrogen-bond acceptors (Lipinski definition) is 2. The summed E-state index contributed by atoms with van der Waals surface area (Å²) in [5.74, 6) is 0.284. The monoisotopic (exact) mass is 230 g/mol. The molecule has 0 aliphatic rings. The molecule has 0 spiro atoms. The average Bonchev–Trinajstić information content (AvgIpc) is 2.60. The number of unbranched alkanes of at least 4 members (excludes halogenated alkanes) is 1. The number of rotatable bonds is 4. The third kappa shape index (κ3) is 2.18. The number of hydrogen-bond donors (Lipinski definition) is 1. The maximum Gasteiger partial charge on any atom is 0.200 e. The molecular formula is C14H18N2O. The van der Waals surface area contributed by atoms with E-state index in [1.165, 1.54) is 0 Å². The van der Waals surface area contributed by atoms with E-state index >= 15 is 0 Å². The molecule has 2 rings (SSSR count). The minimum Gasteiger partial charge on any atom is -0.494 e. The number of aryl methyl sites for hydroxylation is 1. The van der Waals surface area contributed by atoms with Crippen LogP contribution in [0.3, 0.4) is 0 Å². The van der Waals surface area contributed by atoms with Gasteiger partial charge in [-0.1, -0.05) is 31.5 Å². The molecule has 0 saturated heterocycles. The van der Waals surface area contributed by atoms with Crippen molar-refractivity contribution >= 4 is 17.1 Å². The maximum absolute atomic E-state index is 10.0. The Morgan fingerprint density at radius 2 is 2.12 bits per heavy atom. The minimum atomic E-state index is 0.284. The first-order valence-electron chi connectivity index (χ1n) is 6.02. The van der Waals surface area contributed by atoms with Crippen LogP contribution in [0.5, 0.6) is 5.88 Å². The molecule has 0 aliphatic carbocycles. The molecule has 1 N–H and O–H groups in total. The van der Waals surface area contributed by atoms with Gasteiger partial charge in [0.2, 0.25) is 5.88 Å². The van der Waals surface area contributed by atoms with Crippen LogP contribution in [-0.2, 0) is 7.05 Å². The largest absolute Gasteiger partial charge is 0.494 e. The molecule has 1 aromatic carbocycles. The highest BCUT2D eigenvalue weighted by Crippen LogP contribution is 2.28. The molecule has 1 heterocycles. The van der Waals surface area contributed by atoms with Gasteiger partial charge in [0.1, 0.15) is 0 Å². The lowest BCUT2D eigenvalue weighted by Crippen LogP contribution is -1.87. The van der Waals surface area contributed by atoms with Gasteiger partial charge >= 0.3 is 0 Å². The molecule has 90 valence electrons. The number of aliphatic imine (C=N–C) groups is 1. The lowest BCUT2D eigenvalue weighted by molar-refractivity contribution is 0.434. The summed E-state index contributed by atoms with van der Waals surface area (Å²) in [6.45, 7) is 2.96. The van der Waals surface area contributed by atoms with E-state index in [-0.39, 0.29) is 5.88 Å². The Morgan fingerprint density at radius 3 is 2.88 bits per heavy atom. The Labute approximate surface area is 101 Å². The average molecular weight is 230 g/mol. The topological polar surface area (TPSA) is 37.5 Å². The Balaban J connectivity index is 2.39. The molecule has 0 radical (unpaired) electrons. The highest BCUT2D eigenvalue weighted by molar-refractivity contribution is 6.02. The van der Waals surface area contributed by atoms with Gasteiger partial charge in [0, 0.05) is 25.2 Å². The fourth-order valence-electron chi connectivity index (χ4n) is 1.94. The molecule has 3 nitrogen and oxygen atoms in total. The molecule has 0 saturated carbocycles. The zero-order chi connectivity index (χ0) is 12.3. The molecule has 0 amide bonds. The fourth-order valence-corrected chi connectivity index (χ4v) is 1.94. The van der Waals surface area contributed by atoms with Crippen LogP contribution >= 0.6 is 0 Å². The van der Waals surface area contributed by atoms with Gasteiger partial charge in [-0.15, -0.1) is 0 Å². The van der Waals surface area contributed by atoms with Crippen molar-refractivity contribution in [2.45, 2.75) is 19.8 Å². The first kappa shape index (κ1) is 11.7. The lowest BCUT2D eigenvalue weighted by atomic mass is 10.2. The predicted molar refractivity (Wildman–Crippen MR) is 72.0 cm³/mol. The van der Waals surface area contributed by atoms with Crippen LogP contribution < -0.4 is 0 Å². The van der Waals surface area contributed by atoms with E-state index in [1.807, 2.05) is 31.3 Å². The number of aromatic nitrogens is 1. The van der Waals surface area contributed by atoms with E-state index in [4.69, 9.17) is 0 Å². The maximum atomic E-state index is 10.0. The van der Waals surface area contributed by atoms with Crippen molar-refractivity contribution in [2.75, 3.05) is 6.54 Å². The van der Waals surface area contributed by atoms with Gasteiger partial charge in [0.15, 0.2) is 0 Å². The van der Waals surface area contributed by atoms with Crippen LogP contribution in [-0.4, -0.2) is 22.4 Å². The molecule has 2 aromatic rings. The highest BCUT2D eigenvalue weighted by Gasteiger charge is 2.11. The van der Waals surface area contributed by atoms with Crippen molar-refractivity contribution in [3.8, 4) is 5.88 Å². The van der Waals surface area contributed by atoms with Gasteiger partial charge in [-0.05, 0) is 12.5 Å². The van der Waals surface area contributed by atoms with Crippen molar-refractivity contribution < 1.29 is 5.11 Å². The summed E-state index contributed by atoms with van der Waals surface area (Å²) in [7, 11) is 1.86. The Morgan fingerprint density at radius 1 is 1.35 bits per heavy atom. The molecule has 1 aromatic heterocycles. The Kier molecular flexibility index (Phi) is 3.47. The molecule has 0 aliphatic heterocycles. The highest BCUT2D eigenvalue weighted by atomic mass is 16.3. The first-order valence-corrected chi connectivity index (χ1v) is 6.02. The van der Waals surface area contributed by atoms with E-state index in [2.05, 4.69) is 11.9 Å². The summed E-state index contributed by atoms with van der Waals surface area (Å²) < 4.78 is 1.79. The second-order valence-corrected chi connectivity index (χ2v) is 4.20. The fraction of sp³-hybridized carbons (Fsp3) is 0.357. The van der Waals surface area contributed by atoms with Crippen LogP contribution in [0.15, 0.2) is 29.3 Å². The Hall–Kier alpha value is -1.77. The van der Waals surface area contributed by atoms with Gasteiger partial charge in [-0.3, -0.25) is 4.99 Å². The van der Waals surface area contributed by atoms with Crippen LogP contribution in [0.1, 0.15) is 25.3 Å². The molecule has 0 fully saturated rings. The number of aromatic hydroxyl groups is 1. The molecule has 3 heteroatoms. The van der Waals surface area contributed by atoms with Gasteiger partial charge in [0.05, 0.1) is 11.1 Å². The van der Waals surface area contributed by atoms with Gasteiger partial charge in [-0.2, -0.15) is 0 Å². The third-order valence-corrected chi connectivity index (χ3v) is 2.98. The van der Waals surface area contributed by atoms with Gasteiger partial charge in [-0.25, -0.2) is 0 Å².